The molecule has 0 saturated carbocycles. The lowest BCUT2D eigenvalue weighted by Crippen LogP contribution is -2.41. The van der Waals surface area contributed by atoms with Gasteiger partial charge < -0.3 is 9.47 Å². The Kier molecular flexibility index (Phi) is 5.02. The van der Waals surface area contributed by atoms with Crippen molar-refractivity contribution in [2.75, 3.05) is 39.4 Å². The first-order chi connectivity index (χ1) is 11.6. The van der Waals surface area contributed by atoms with Crippen molar-refractivity contribution in [3.63, 3.8) is 0 Å². The van der Waals surface area contributed by atoms with Crippen LogP contribution in [0.4, 0.5) is 10.5 Å². The minimum Gasteiger partial charge on any atom is -0.441 e. The summed E-state index contributed by atoms with van der Waals surface area (Å²) in [7, 11) is 0. The normalized spacial score (nSPS) is 22.1. The molecule has 128 valence electrons. The van der Waals surface area contributed by atoms with Gasteiger partial charge in [0.05, 0.1) is 36.5 Å². The molecule has 3 rings (SSSR count). The van der Waals surface area contributed by atoms with Gasteiger partial charge in [-0.25, -0.2) is 4.79 Å². The third-order valence-electron chi connectivity index (χ3n) is 3.89. The molecule has 0 spiro atoms. The van der Waals surface area contributed by atoms with Crippen molar-refractivity contribution in [1.29, 1.82) is 0 Å². The van der Waals surface area contributed by atoms with E-state index in [9.17, 15) is 14.9 Å². The number of rotatable bonds is 5. The van der Waals surface area contributed by atoms with Crippen LogP contribution in [0.5, 0.6) is 0 Å². The molecule has 0 N–H and O–H groups in total. The van der Waals surface area contributed by atoms with E-state index in [2.05, 4.69) is 10.0 Å². The Bertz CT molecular complexity index is 645. The van der Waals surface area contributed by atoms with Crippen LogP contribution >= 0.6 is 0 Å². The van der Waals surface area contributed by atoms with Crippen molar-refractivity contribution in [3.05, 3.63) is 39.9 Å². The van der Waals surface area contributed by atoms with Gasteiger partial charge >= 0.3 is 6.09 Å². The number of para-hydroxylation sites is 1. The molecule has 2 aliphatic heterocycles. The van der Waals surface area contributed by atoms with Crippen LogP contribution in [-0.2, 0) is 9.47 Å². The Balaban J connectivity index is 1.61. The summed E-state index contributed by atoms with van der Waals surface area (Å²) in [4.78, 5) is 24.6. The fourth-order valence-corrected chi connectivity index (χ4v) is 2.66. The lowest BCUT2D eigenvalue weighted by molar-refractivity contribution is -0.385. The van der Waals surface area contributed by atoms with Gasteiger partial charge in [-0.15, -0.1) is 0 Å². The van der Waals surface area contributed by atoms with Crippen molar-refractivity contribution in [2.45, 2.75) is 6.10 Å². The van der Waals surface area contributed by atoms with Gasteiger partial charge in [-0.1, -0.05) is 12.1 Å². The van der Waals surface area contributed by atoms with Crippen molar-refractivity contribution in [2.24, 2.45) is 5.10 Å². The maximum absolute atomic E-state index is 11.9. The van der Waals surface area contributed by atoms with Crippen molar-refractivity contribution in [1.82, 2.24) is 9.91 Å². The highest BCUT2D eigenvalue weighted by atomic mass is 16.6. The molecule has 9 nitrogen and oxygen atoms in total. The number of benzene rings is 1. The van der Waals surface area contributed by atoms with Gasteiger partial charge in [0.1, 0.15) is 6.10 Å². The van der Waals surface area contributed by atoms with Crippen molar-refractivity contribution >= 4 is 18.0 Å². The minimum atomic E-state index is -0.539. The standard InChI is InChI=1S/C15H18N4O5/c20-15-18(11-13(24-15)10-17-5-7-23-8-6-17)16-9-12-3-1-2-4-14(12)19(21)22/h1-4,9,13H,5-8,10-11H2/b16-9-. The fraction of sp³-hybridized carbons (Fsp3) is 0.467. The van der Waals surface area contributed by atoms with E-state index in [4.69, 9.17) is 9.47 Å². The number of ether oxygens (including phenoxy) is 2. The molecular formula is C15H18N4O5. The number of amides is 1. The summed E-state index contributed by atoms with van der Waals surface area (Å²) in [5.74, 6) is 0. The molecule has 1 aromatic carbocycles. The van der Waals surface area contributed by atoms with Crippen LogP contribution in [0.15, 0.2) is 29.4 Å². The molecule has 1 amide bonds. The zero-order valence-corrected chi connectivity index (χ0v) is 13.0. The lowest BCUT2D eigenvalue weighted by atomic mass is 10.2. The van der Waals surface area contributed by atoms with E-state index in [-0.39, 0.29) is 11.8 Å². The first-order valence-corrected chi connectivity index (χ1v) is 7.69. The van der Waals surface area contributed by atoms with Crippen molar-refractivity contribution < 1.29 is 19.2 Å². The summed E-state index contributed by atoms with van der Waals surface area (Å²) in [6.07, 6.45) is 0.512. The highest BCUT2D eigenvalue weighted by molar-refractivity contribution is 5.86. The van der Waals surface area contributed by atoms with Gasteiger partial charge in [0, 0.05) is 25.7 Å². The average molecular weight is 334 g/mol. The molecule has 24 heavy (non-hydrogen) atoms. The predicted octanol–water partition coefficient (Wildman–Crippen LogP) is 1.08. The Morgan fingerprint density at radius 1 is 1.33 bits per heavy atom. The summed E-state index contributed by atoms with van der Waals surface area (Å²) in [5.41, 5.74) is 0.283. The number of cyclic esters (lactones) is 1. The smallest absolute Gasteiger partial charge is 0.430 e. The quantitative estimate of drug-likeness (QED) is 0.454. The van der Waals surface area contributed by atoms with Crippen LogP contribution in [0.3, 0.4) is 0 Å². The van der Waals surface area contributed by atoms with E-state index in [0.29, 0.717) is 31.9 Å². The number of hydrazone groups is 1. The Labute approximate surface area is 138 Å². The molecule has 1 aromatic rings. The molecule has 1 unspecified atom stereocenters. The van der Waals surface area contributed by atoms with E-state index in [1.807, 2.05) is 0 Å². The second-order valence-corrected chi connectivity index (χ2v) is 5.56. The first kappa shape index (κ1) is 16.3. The highest BCUT2D eigenvalue weighted by Crippen LogP contribution is 2.17. The minimum absolute atomic E-state index is 0.0568. The third kappa shape index (κ3) is 3.87. The maximum Gasteiger partial charge on any atom is 0.430 e. The SMILES string of the molecule is O=C1OC(CN2CCOCC2)CN1/N=C\c1ccccc1[N+](=O)[O-]. The van der Waals surface area contributed by atoms with E-state index in [0.717, 1.165) is 13.1 Å². The van der Waals surface area contributed by atoms with Crippen LogP contribution < -0.4 is 0 Å². The Morgan fingerprint density at radius 2 is 2.08 bits per heavy atom. The van der Waals surface area contributed by atoms with Gasteiger partial charge in [-0.05, 0) is 6.07 Å². The Morgan fingerprint density at radius 3 is 2.83 bits per heavy atom. The number of carbonyl (C=O) groups excluding carboxylic acids is 1. The molecule has 0 bridgehead atoms. The number of morpholine rings is 1. The fourth-order valence-electron chi connectivity index (χ4n) is 2.66. The molecule has 2 saturated heterocycles. The predicted molar refractivity (Wildman–Crippen MR) is 84.9 cm³/mol. The molecule has 9 heteroatoms. The van der Waals surface area contributed by atoms with Crippen LogP contribution in [0.1, 0.15) is 5.56 Å². The monoisotopic (exact) mass is 334 g/mol. The molecule has 2 heterocycles. The number of nitrogens with zero attached hydrogens (tertiary/aromatic N) is 4. The van der Waals surface area contributed by atoms with Crippen molar-refractivity contribution in [3.8, 4) is 0 Å². The number of carbonyl (C=O) groups is 1. The summed E-state index contributed by atoms with van der Waals surface area (Å²) in [5, 5.41) is 16.2. The number of hydrogen-bond acceptors (Lipinski definition) is 7. The third-order valence-corrected chi connectivity index (χ3v) is 3.89. The summed E-state index contributed by atoms with van der Waals surface area (Å²) in [6.45, 7) is 3.95. The summed E-state index contributed by atoms with van der Waals surface area (Å²) < 4.78 is 10.6. The lowest BCUT2D eigenvalue weighted by Gasteiger charge is -2.27. The van der Waals surface area contributed by atoms with E-state index in [1.54, 1.807) is 18.2 Å². The zero-order valence-electron chi connectivity index (χ0n) is 13.0. The topological polar surface area (TPSA) is 97.5 Å². The number of hydrogen-bond donors (Lipinski definition) is 0. The van der Waals surface area contributed by atoms with Crippen LogP contribution in [0.2, 0.25) is 0 Å². The second-order valence-electron chi connectivity index (χ2n) is 5.56. The van der Waals surface area contributed by atoms with Gasteiger partial charge in [-0.2, -0.15) is 10.1 Å². The molecule has 1 atom stereocenters. The van der Waals surface area contributed by atoms with Gasteiger partial charge in [0.25, 0.3) is 5.69 Å². The van der Waals surface area contributed by atoms with E-state index >= 15 is 0 Å². The number of nitro groups is 1. The molecule has 0 aromatic heterocycles. The molecule has 0 radical (unpaired) electrons. The first-order valence-electron chi connectivity index (χ1n) is 7.69. The Hall–Kier alpha value is -2.52. The molecule has 2 fully saturated rings. The summed E-state index contributed by atoms with van der Waals surface area (Å²) >= 11 is 0. The van der Waals surface area contributed by atoms with Crippen LogP contribution in [0, 0.1) is 10.1 Å². The largest absolute Gasteiger partial charge is 0.441 e. The number of nitro benzene ring substituents is 1. The molecule has 0 aliphatic carbocycles. The second kappa shape index (κ2) is 7.37. The van der Waals surface area contributed by atoms with Gasteiger partial charge in [0.15, 0.2) is 0 Å². The highest BCUT2D eigenvalue weighted by Gasteiger charge is 2.32. The van der Waals surface area contributed by atoms with Crippen LogP contribution in [-0.4, -0.2) is 72.6 Å². The average Bonchev–Trinajstić information content (AvgIpc) is 2.93. The van der Waals surface area contributed by atoms with Crippen LogP contribution in [0.25, 0.3) is 0 Å². The molecule has 2 aliphatic rings. The summed E-state index contributed by atoms with van der Waals surface area (Å²) in [6, 6.07) is 6.23. The van der Waals surface area contributed by atoms with Gasteiger partial charge in [0.2, 0.25) is 0 Å². The zero-order chi connectivity index (χ0) is 16.9. The van der Waals surface area contributed by atoms with E-state index in [1.165, 1.54) is 17.3 Å². The maximum atomic E-state index is 11.9. The van der Waals surface area contributed by atoms with E-state index < -0.39 is 11.0 Å². The molecular weight excluding hydrogens is 316 g/mol. The van der Waals surface area contributed by atoms with Gasteiger partial charge in [-0.3, -0.25) is 15.0 Å².